The molecular weight excluding hydrogens is 340 g/mol. The number of hydrogen-bond acceptors (Lipinski definition) is 4. The summed E-state index contributed by atoms with van der Waals surface area (Å²) in [4.78, 5) is 28.8. The molecule has 1 aromatic heterocycles. The minimum atomic E-state index is -0.0161. The molecular formula is C21H22N4O2. The van der Waals surface area contributed by atoms with Gasteiger partial charge in [0.25, 0.3) is 5.56 Å². The standard InChI is InChI=1S/C21H22N4O2/c1-14-7-20(26)23(2)19-13-25(12-18(14)19)21(27)8-16-10-24(11-16)17-5-3-15(9-22)4-6-17/h3-7,16H,8,10-13H2,1-2H3. The minimum Gasteiger partial charge on any atom is -0.371 e. The van der Waals surface area contributed by atoms with Crippen LogP contribution in [0.1, 0.15) is 28.8 Å². The molecule has 1 aromatic carbocycles. The molecule has 0 radical (unpaired) electrons. The lowest BCUT2D eigenvalue weighted by Gasteiger charge is -2.41. The molecule has 1 saturated heterocycles. The second-order valence-corrected chi connectivity index (χ2v) is 7.53. The monoisotopic (exact) mass is 362 g/mol. The van der Waals surface area contributed by atoms with Crippen LogP contribution in [0.25, 0.3) is 0 Å². The maximum absolute atomic E-state index is 12.7. The molecule has 0 unspecified atom stereocenters. The summed E-state index contributed by atoms with van der Waals surface area (Å²) in [6.07, 6.45) is 0.535. The highest BCUT2D eigenvalue weighted by atomic mass is 16.2. The molecule has 0 N–H and O–H groups in total. The van der Waals surface area contributed by atoms with Gasteiger partial charge >= 0.3 is 0 Å². The Morgan fingerprint density at radius 3 is 2.59 bits per heavy atom. The molecule has 6 heteroatoms. The van der Waals surface area contributed by atoms with Crippen LogP contribution >= 0.6 is 0 Å². The SMILES string of the molecule is Cc1cc(=O)n(C)c2c1CN(C(=O)CC1CN(c3ccc(C#N)cc3)C1)C2. The third-order valence-corrected chi connectivity index (χ3v) is 5.72. The first-order chi connectivity index (χ1) is 13.0. The number of fused-ring (bicyclic) bond motifs is 1. The number of aromatic nitrogens is 1. The molecule has 0 atom stereocenters. The summed E-state index contributed by atoms with van der Waals surface area (Å²) in [5.74, 6) is 0.504. The van der Waals surface area contributed by atoms with E-state index in [4.69, 9.17) is 5.26 Å². The second kappa shape index (κ2) is 6.58. The molecule has 2 aliphatic rings. The maximum atomic E-state index is 12.7. The third kappa shape index (κ3) is 3.10. The van der Waals surface area contributed by atoms with Gasteiger partial charge < -0.3 is 14.4 Å². The third-order valence-electron chi connectivity index (χ3n) is 5.72. The van der Waals surface area contributed by atoms with Crippen LogP contribution in [0.4, 0.5) is 5.69 Å². The van der Waals surface area contributed by atoms with E-state index in [1.165, 1.54) is 0 Å². The van der Waals surface area contributed by atoms with E-state index in [0.29, 0.717) is 31.0 Å². The molecule has 6 nitrogen and oxygen atoms in total. The van der Waals surface area contributed by atoms with E-state index in [2.05, 4.69) is 11.0 Å². The van der Waals surface area contributed by atoms with E-state index in [9.17, 15) is 9.59 Å². The molecule has 27 heavy (non-hydrogen) atoms. The van der Waals surface area contributed by atoms with Crippen molar-refractivity contribution in [3.8, 4) is 6.07 Å². The largest absolute Gasteiger partial charge is 0.371 e. The van der Waals surface area contributed by atoms with Gasteiger partial charge in [-0.3, -0.25) is 9.59 Å². The Morgan fingerprint density at radius 1 is 1.22 bits per heavy atom. The van der Waals surface area contributed by atoms with E-state index in [-0.39, 0.29) is 11.5 Å². The summed E-state index contributed by atoms with van der Waals surface area (Å²) in [6, 6.07) is 11.3. The lowest BCUT2D eigenvalue weighted by atomic mass is 9.94. The lowest BCUT2D eigenvalue weighted by Crippen LogP contribution is -2.48. The molecule has 2 aliphatic heterocycles. The van der Waals surface area contributed by atoms with Crippen LogP contribution in [0.3, 0.4) is 0 Å². The number of pyridine rings is 1. The predicted octanol–water partition coefficient (Wildman–Crippen LogP) is 1.93. The number of carbonyl (C=O) groups is 1. The van der Waals surface area contributed by atoms with Gasteiger partial charge in [-0.15, -0.1) is 0 Å². The average Bonchev–Trinajstić information content (AvgIpc) is 3.09. The van der Waals surface area contributed by atoms with Gasteiger partial charge in [-0.25, -0.2) is 0 Å². The summed E-state index contributed by atoms with van der Waals surface area (Å²) in [5, 5.41) is 8.87. The zero-order valence-corrected chi connectivity index (χ0v) is 15.6. The highest BCUT2D eigenvalue weighted by Gasteiger charge is 2.33. The Labute approximate surface area is 158 Å². The fourth-order valence-electron chi connectivity index (χ4n) is 3.99. The number of hydrogen-bond donors (Lipinski definition) is 0. The van der Waals surface area contributed by atoms with Crippen LogP contribution in [0.5, 0.6) is 0 Å². The van der Waals surface area contributed by atoms with Gasteiger partial charge in [0, 0.05) is 56.5 Å². The number of rotatable bonds is 3. The van der Waals surface area contributed by atoms with Crippen LogP contribution in [0.2, 0.25) is 0 Å². The highest BCUT2D eigenvalue weighted by Crippen LogP contribution is 2.29. The van der Waals surface area contributed by atoms with Crippen LogP contribution in [0.15, 0.2) is 35.1 Å². The topological polar surface area (TPSA) is 69.3 Å². The molecule has 2 aromatic rings. The first-order valence-corrected chi connectivity index (χ1v) is 9.17. The van der Waals surface area contributed by atoms with Crippen LogP contribution < -0.4 is 10.5 Å². The minimum absolute atomic E-state index is 0.0161. The molecule has 138 valence electrons. The summed E-state index contributed by atoms with van der Waals surface area (Å²) >= 11 is 0. The summed E-state index contributed by atoms with van der Waals surface area (Å²) in [5.41, 5.74) is 4.78. The van der Waals surface area contributed by atoms with E-state index in [1.807, 2.05) is 36.1 Å². The molecule has 1 fully saturated rings. The van der Waals surface area contributed by atoms with Crippen molar-refractivity contribution in [2.75, 3.05) is 18.0 Å². The van der Waals surface area contributed by atoms with Gasteiger partial charge in [0.1, 0.15) is 0 Å². The van der Waals surface area contributed by atoms with Gasteiger partial charge in [0.05, 0.1) is 18.2 Å². The summed E-state index contributed by atoms with van der Waals surface area (Å²) in [7, 11) is 1.77. The highest BCUT2D eigenvalue weighted by molar-refractivity contribution is 5.77. The molecule has 4 rings (SSSR count). The van der Waals surface area contributed by atoms with Crippen molar-refractivity contribution in [3.63, 3.8) is 0 Å². The van der Waals surface area contributed by atoms with Crippen LogP contribution in [-0.4, -0.2) is 28.5 Å². The van der Waals surface area contributed by atoms with Gasteiger partial charge in [0.15, 0.2) is 0 Å². The van der Waals surface area contributed by atoms with Crippen molar-refractivity contribution in [2.24, 2.45) is 13.0 Å². The fraction of sp³-hybridized carbons (Fsp3) is 0.381. The van der Waals surface area contributed by atoms with Crippen LogP contribution in [-0.2, 0) is 24.9 Å². The van der Waals surface area contributed by atoms with E-state index in [1.54, 1.807) is 17.7 Å². The fourth-order valence-corrected chi connectivity index (χ4v) is 3.99. The molecule has 0 spiro atoms. The van der Waals surface area contributed by atoms with Gasteiger partial charge in [0.2, 0.25) is 5.91 Å². The summed E-state index contributed by atoms with van der Waals surface area (Å²) in [6.45, 7) is 4.77. The smallest absolute Gasteiger partial charge is 0.250 e. The Kier molecular flexibility index (Phi) is 4.23. The second-order valence-electron chi connectivity index (χ2n) is 7.53. The zero-order chi connectivity index (χ0) is 19.1. The maximum Gasteiger partial charge on any atom is 0.250 e. The van der Waals surface area contributed by atoms with Gasteiger partial charge in [-0.05, 0) is 42.3 Å². The molecule has 3 heterocycles. The van der Waals surface area contributed by atoms with Gasteiger partial charge in [-0.1, -0.05) is 0 Å². The van der Waals surface area contributed by atoms with E-state index >= 15 is 0 Å². The first-order valence-electron chi connectivity index (χ1n) is 9.17. The number of carbonyl (C=O) groups excluding carboxylic acids is 1. The lowest BCUT2D eigenvalue weighted by molar-refractivity contribution is -0.133. The Morgan fingerprint density at radius 2 is 1.93 bits per heavy atom. The summed E-state index contributed by atoms with van der Waals surface area (Å²) < 4.78 is 1.66. The normalized spacial score (nSPS) is 16.0. The molecule has 0 aliphatic carbocycles. The quantitative estimate of drug-likeness (QED) is 0.837. The number of amides is 1. The molecule has 0 saturated carbocycles. The number of anilines is 1. The average molecular weight is 362 g/mol. The van der Waals surface area contributed by atoms with E-state index in [0.717, 1.165) is 35.6 Å². The Bertz CT molecular complexity index is 995. The number of benzene rings is 1. The zero-order valence-electron chi connectivity index (χ0n) is 15.6. The number of nitrogens with zero attached hydrogens (tertiary/aromatic N) is 4. The van der Waals surface area contributed by atoms with Crippen molar-refractivity contribution in [1.29, 1.82) is 5.26 Å². The van der Waals surface area contributed by atoms with E-state index < -0.39 is 0 Å². The number of nitriles is 1. The van der Waals surface area contributed by atoms with Crippen LogP contribution in [0, 0.1) is 24.2 Å². The van der Waals surface area contributed by atoms with Crippen molar-refractivity contribution in [3.05, 3.63) is 63.1 Å². The Balaban J connectivity index is 1.35. The van der Waals surface area contributed by atoms with Crippen molar-refractivity contribution in [1.82, 2.24) is 9.47 Å². The molecule has 1 amide bonds. The van der Waals surface area contributed by atoms with Crippen molar-refractivity contribution >= 4 is 11.6 Å². The van der Waals surface area contributed by atoms with Crippen molar-refractivity contribution < 1.29 is 4.79 Å². The first kappa shape index (κ1) is 17.3. The predicted molar refractivity (Wildman–Crippen MR) is 102 cm³/mol. The van der Waals surface area contributed by atoms with Gasteiger partial charge in [-0.2, -0.15) is 5.26 Å². The van der Waals surface area contributed by atoms with Crippen molar-refractivity contribution in [2.45, 2.75) is 26.4 Å². The molecule has 0 bridgehead atoms. The number of aryl methyl sites for hydroxylation is 1. The Hall–Kier alpha value is -3.07.